The molecule has 0 saturated heterocycles. The molecular formula is C23H19BrF3N3O4. The van der Waals surface area contributed by atoms with E-state index < -0.39 is 22.4 Å². The van der Waals surface area contributed by atoms with Crippen molar-refractivity contribution >= 4 is 33.5 Å². The highest BCUT2D eigenvalue weighted by atomic mass is 79.9. The number of nitro benzene ring substituents is 1. The third-order valence-electron chi connectivity index (χ3n) is 4.67. The van der Waals surface area contributed by atoms with Gasteiger partial charge in [-0.1, -0.05) is 29.8 Å². The van der Waals surface area contributed by atoms with E-state index in [0.29, 0.717) is 34.2 Å². The van der Waals surface area contributed by atoms with E-state index in [-0.39, 0.29) is 5.69 Å². The van der Waals surface area contributed by atoms with E-state index in [0.717, 1.165) is 23.3 Å². The Morgan fingerprint density at radius 2 is 1.91 bits per heavy atom. The highest BCUT2D eigenvalue weighted by molar-refractivity contribution is 9.10. The Kier molecular flexibility index (Phi) is 7.77. The van der Waals surface area contributed by atoms with Crippen LogP contribution >= 0.6 is 15.9 Å². The number of alkyl halides is 3. The SMILES string of the molecule is COc1cc(/C=N\Nc2ccc(C(F)(F)F)cc2[N+](=O)[O-])c(Br)cc1OCc1cccc(C)c1. The van der Waals surface area contributed by atoms with Crippen molar-refractivity contribution in [1.82, 2.24) is 0 Å². The van der Waals surface area contributed by atoms with Crippen molar-refractivity contribution in [3.05, 3.63) is 91.4 Å². The molecule has 0 aliphatic heterocycles. The Morgan fingerprint density at radius 1 is 1.15 bits per heavy atom. The molecule has 0 amide bonds. The van der Waals surface area contributed by atoms with Crippen LogP contribution < -0.4 is 14.9 Å². The van der Waals surface area contributed by atoms with Gasteiger partial charge in [0.25, 0.3) is 5.69 Å². The maximum Gasteiger partial charge on any atom is 0.416 e. The van der Waals surface area contributed by atoms with Crippen molar-refractivity contribution in [2.45, 2.75) is 19.7 Å². The van der Waals surface area contributed by atoms with Gasteiger partial charge in [0.15, 0.2) is 11.5 Å². The molecule has 0 heterocycles. The lowest BCUT2D eigenvalue weighted by atomic mass is 10.1. The Balaban J connectivity index is 1.78. The molecule has 0 bridgehead atoms. The van der Waals surface area contributed by atoms with Crippen LogP contribution in [0.25, 0.3) is 0 Å². The molecule has 0 spiro atoms. The number of aryl methyl sites for hydroxylation is 1. The molecule has 0 fully saturated rings. The largest absolute Gasteiger partial charge is 0.493 e. The van der Waals surface area contributed by atoms with Crippen molar-refractivity contribution in [3.8, 4) is 11.5 Å². The zero-order valence-electron chi connectivity index (χ0n) is 18.0. The minimum Gasteiger partial charge on any atom is -0.493 e. The summed E-state index contributed by atoms with van der Waals surface area (Å²) < 4.78 is 50.4. The number of methoxy groups -OCH3 is 1. The number of hydrazone groups is 1. The standard InChI is InChI=1S/C23H19BrF3N3O4/c1-14-4-3-5-15(8-14)13-34-22-11-18(24)16(9-21(22)33-2)12-28-29-19-7-6-17(23(25,26)27)10-20(19)30(31)32/h3-12,29H,13H2,1-2H3/b28-12-. The number of rotatable bonds is 8. The maximum absolute atomic E-state index is 12.9. The lowest BCUT2D eigenvalue weighted by Crippen LogP contribution is -2.06. The Bertz CT molecular complexity index is 1230. The first kappa shape index (κ1) is 25.0. The summed E-state index contributed by atoms with van der Waals surface area (Å²) in [7, 11) is 1.48. The van der Waals surface area contributed by atoms with Gasteiger partial charge < -0.3 is 9.47 Å². The van der Waals surface area contributed by atoms with Gasteiger partial charge in [-0.05, 0) is 52.7 Å². The zero-order valence-corrected chi connectivity index (χ0v) is 19.6. The third kappa shape index (κ3) is 6.25. The monoisotopic (exact) mass is 537 g/mol. The van der Waals surface area contributed by atoms with E-state index in [2.05, 4.69) is 26.5 Å². The zero-order chi connectivity index (χ0) is 24.9. The van der Waals surface area contributed by atoms with E-state index in [1.54, 1.807) is 12.1 Å². The Hall–Kier alpha value is -3.60. The van der Waals surface area contributed by atoms with E-state index >= 15 is 0 Å². The number of nitro groups is 1. The van der Waals surface area contributed by atoms with Gasteiger partial charge in [0.05, 0.1) is 23.8 Å². The summed E-state index contributed by atoms with van der Waals surface area (Å²) in [5.41, 5.74) is 3.01. The van der Waals surface area contributed by atoms with Crippen LogP contribution in [-0.4, -0.2) is 18.2 Å². The molecule has 1 N–H and O–H groups in total. The fourth-order valence-corrected chi connectivity index (χ4v) is 3.43. The van der Waals surface area contributed by atoms with Gasteiger partial charge in [0.1, 0.15) is 12.3 Å². The smallest absolute Gasteiger partial charge is 0.416 e. The summed E-state index contributed by atoms with van der Waals surface area (Å²) in [5, 5.41) is 15.1. The third-order valence-corrected chi connectivity index (χ3v) is 5.36. The number of nitrogens with zero attached hydrogens (tertiary/aromatic N) is 2. The molecule has 11 heteroatoms. The van der Waals surface area contributed by atoms with E-state index in [4.69, 9.17) is 9.47 Å². The van der Waals surface area contributed by atoms with Crippen molar-refractivity contribution in [2.24, 2.45) is 5.10 Å². The average molecular weight is 538 g/mol. The van der Waals surface area contributed by atoms with Crippen LogP contribution in [0.4, 0.5) is 24.5 Å². The van der Waals surface area contributed by atoms with Gasteiger partial charge in [0, 0.05) is 16.1 Å². The first-order valence-electron chi connectivity index (χ1n) is 9.79. The summed E-state index contributed by atoms with van der Waals surface area (Å²) in [4.78, 5) is 10.3. The second-order valence-corrected chi connectivity index (χ2v) is 8.01. The molecule has 0 aliphatic carbocycles. The molecule has 0 radical (unpaired) electrons. The van der Waals surface area contributed by atoms with Gasteiger partial charge in [0.2, 0.25) is 0 Å². The van der Waals surface area contributed by atoms with Gasteiger partial charge >= 0.3 is 6.18 Å². The summed E-state index contributed by atoms with van der Waals surface area (Å²) in [6.07, 6.45) is -3.35. The van der Waals surface area contributed by atoms with Gasteiger partial charge in [-0.25, -0.2) is 0 Å². The quantitative estimate of drug-likeness (QED) is 0.196. The molecule has 3 rings (SSSR count). The van der Waals surface area contributed by atoms with Crippen LogP contribution in [0.15, 0.2) is 64.2 Å². The molecule has 0 unspecified atom stereocenters. The Morgan fingerprint density at radius 3 is 2.56 bits per heavy atom. The number of hydrogen-bond donors (Lipinski definition) is 1. The van der Waals surface area contributed by atoms with E-state index in [1.165, 1.54) is 13.3 Å². The first-order valence-corrected chi connectivity index (χ1v) is 10.6. The van der Waals surface area contributed by atoms with Crippen LogP contribution in [0.5, 0.6) is 11.5 Å². The fraction of sp³-hybridized carbons (Fsp3) is 0.174. The summed E-state index contributed by atoms with van der Waals surface area (Å²) in [6.45, 7) is 2.32. The molecule has 34 heavy (non-hydrogen) atoms. The summed E-state index contributed by atoms with van der Waals surface area (Å²) in [5.74, 6) is 0.914. The normalized spacial score (nSPS) is 11.5. The molecule has 0 aromatic heterocycles. The predicted octanol–water partition coefficient (Wildman–Crippen LogP) is 6.72. The molecule has 3 aromatic rings. The van der Waals surface area contributed by atoms with Crippen LogP contribution in [0.3, 0.4) is 0 Å². The first-order chi connectivity index (χ1) is 16.1. The summed E-state index contributed by atoms with van der Waals surface area (Å²) in [6, 6.07) is 13.4. The number of ether oxygens (including phenoxy) is 2. The van der Waals surface area contributed by atoms with Crippen LogP contribution in [0.1, 0.15) is 22.3 Å². The Labute approximate surface area is 201 Å². The second-order valence-electron chi connectivity index (χ2n) is 7.16. The summed E-state index contributed by atoms with van der Waals surface area (Å²) >= 11 is 3.42. The maximum atomic E-state index is 12.9. The molecule has 0 atom stereocenters. The fourth-order valence-electron chi connectivity index (χ4n) is 3.01. The molecule has 178 valence electrons. The molecular weight excluding hydrogens is 519 g/mol. The van der Waals surface area contributed by atoms with Gasteiger partial charge in [-0.2, -0.15) is 18.3 Å². The van der Waals surface area contributed by atoms with Gasteiger partial charge in [-0.15, -0.1) is 0 Å². The minimum absolute atomic E-state index is 0.185. The van der Waals surface area contributed by atoms with Gasteiger partial charge in [-0.3, -0.25) is 15.5 Å². The molecule has 0 saturated carbocycles. The highest BCUT2D eigenvalue weighted by Gasteiger charge is 2.33. The van der Waals surface area contributed by atoms with Crippen LogP contribution in [-0.2, 0) is 12.8 Å². The lowest BCUT2D eigenvalue weighted by Gasteiger charge is -2.13. The average Bonchev–Trinajstić information content (AvgIpc) is 2.78. The highest BCUT2D eigenvalue weighted by Crippen LogP contribution is 2.36. The van der Waals surface area contributed by atoms with Crippen molar-refractivity contribution < 1.29 is 27.6 Å². The molecule has 7 nitrogen and oxygen atoms in total. The topological polar surface area (TPSA) is 86.0 Å². The van der Waals surface area contributed by atoms with Crippen molar-refractivity contribution in [3.63, 3.8) is 0 Å². The number of hydrogen-bond acceptors (Lipinski definition) is 6. The van der Waals surface area contributed by atoms with Crippen molar-refractivity contribution in [2.75, 3.05) is 12.5 Å². The number of halogens is 4. The lowest BCUT2D eigenvalue weighted by molar-refractivity contribution is -0.384. The second kappa shape index (κ2) is 10.6. The molecule has 0 aliphatic rings. The minimum atomic E-state index is -4.70. The van der Waals surface area contributed by atoms with Crippen molar-refractivity contribution in [1.29, 1.82) is 0 Å². The van der Waals surface area contributed by atoms with E-state index in [1.807, 2.05) is 31.2 Å². The van der Waals surface area contributed by atoms with Crippen LogP contribution in [0.2, 0.25) is 0 Å². The predicted molar refractivity (Wildman–Crippen MR) is 126 cm³/mol. The van der Waals surface area contributed by atoms with E-state index in [9.17, 15) is 23.3 Å². The number of anilines is 1. The van der Waals surface area contributed by atoms with Crippen LogP contribution in [0, 0.1) is 17.0 Å². The number of benzene rings is 3. The number of nitrogens with one attached hydrogen (secondary N) is 1. The molecule has 3 aromatic carbocycles.